The maximum absolute atomic E-state index is 4.70. The second-order valence-corrected chi connectivity index (χ2v) is 6.81. The lowest BCUT2D eigenvalue weighted by atomic mass is 10.2. The van der Waals surface area contributed by atoms with Crippen molar-refractivity contribution in [3.63, 3.8) is 0 Å². The van der Waals surface area contributed by atoms with Crippen molar-refractivity contribution in [1.29, 1.82) is 0 Å². The first-order valence-electron chi connectivity index (χ1n) is 5.90. The van der Waals surface area contributed by atoms with E-state index in [2.05, 4.69) is 24.0 Å². The Morgan fingerprint density at radius 1 is 1.33 bits per heavy atom. The molecule has 15 heavy (non-hydrogen) atoms. The molecule has 0 aliphatic carbocycles. The highest BCUT2D eigenvalue weighted by atomic mass is 32.2. The average molecular weight is 244 g/mol. The van der Waals surface area contributed by atoms with Crippen molar-refractivity contribution in [3.05, 3.63) is 0 Å². The van der Waals surface area contributed by atoms with Crippen LogP contribution in [0.1, 0.15) is 32.6 Å². The summed E-state index contributed by atoms with van der Waals surface area (Å²) in [6, 6.07) is 0.615. The first-order valence-corrected chi connectivity index (χ1v) is 7.93. The smallest absolute Gasteiger partial charge is 0.156 e. The normalized spacial score (nSPS) is 35.1. The Morgan fingerprint density at radius 2 is 2.27 bits per heavy atom. The summed E-state index contributed by atoms with van der Waals surface area (Å²) in [5.74, 6) is 2.57. The largest absolute Gasteiger partial charge is 0.362 e. The Kier molecular flexibility index (Phi) is 4.69. The van der Waals surface area contributed by atoms with Crippen LogP contribution < -0.4 is 5.32 Å². The van der Waals surface area contributed by atoms with Crippen molar-refractivity contribution in [2.75, 3.05) is 18.1 Å². The standard InChI is InChI=1S/C11H20N2S2/c1-9-5-7-15-11(13-9)12-8-10-4-2-3-6-14-10/h9-10H,2-8H2,1H3,(H,12,13). The van der Waals surface area contributed by atoms with Gasteiger partial charge < -0.3 is 5.32 Å². The minimum Gasteiger partial charge on any atom is -0.362 e. The van der Waals surface area contributed by atoms with Gasteiger partial charge in [0.25, 0.3) is 0 Å². The van der Waals surface area contributed by atoms with Gasteiger partial charge in [-0.2, -0.15) is 11.8 Å². The van der Waals surface area contributed by atoms with E-state index in [-0.39, 0.29) is 0 Å². The molecule has 0 bridgehead atoms. The van der Waals surface area contributed by atoms with Gasteiger partial charge >= 0.3 is 0 Å². The quantitative estimate of drug-likeness (QED) is 0.808. The van der Waals surface area contributed by atoms with Crippen LogP contribution in [0.5, 0.6) is 0 Å². The van der Waals surface area contributed by atoms with E-state index >= 15 is 0 Å². The van der Waals surface area contributed by atoms with Crippen molar-refractivity contribution in [2.24, 2.45) is 4.99 Å². The van der Waals surface area contributed by atoms with Crippen LogP contribution in [0.15, 0.2) is 4.99 Å². The van der Waals surface area contributed by atoms with Gasteiger partial charge in [-0.1, -0.05) is 18.2 Å². The Bertz CT molecular complexity index is 225. The highest BCUT2D eigenvalue weighted by molar-refractivity contribution is 8.13. The van der Waals surface area contributed by atoms with E-state index in [1.807, 2.05) is 11.8 Å². The molecule has 86 valence electrons. The summed E-state index contributed by atoms with van der Waals surface area (Å²) in [5, 5.41) is 5.42. The van der Waals surface area contributed by atoms with Crippen LogP contribution >= 0.6 is 23.5 Å². The number of thioether (sulfide) groups is 2. The summed E-state index contributed by atoms with van der Waals surface area (Å²) in [6.45, 7) is 3.26. The predicted molar refractivity (Wildman–Crippen MR) is 72.1 cm³/mol. The molecule has 4 heteroatoms. The fourth-order valence-electron chi connectivity index (χ4n) is 1.88. The van der Waals surface area contributed by atoms with E-state index in [0.29, 0.717) is 6.04 Å². The molecule has 2 atom stereocenters. The van der Waals surface area contributed by atoms with E-state index in [9.17, 15) is 0 Å². The molecular weight excluding hydrogens is 224 g/mol. The van der Waals surface area contributed by atoms with Crippen LogP contribution in [-0.2, 0) is 0 Å². The van der Waals surface area contributed by atoms with Crippen LogP contribution in [0, 0.1) is 0 Å². The third-order valence-corrected chi connectivity index (χ3v) is 5.21. The van der Waals surface area contributed by atoms with Gasteiger partial charge in [-0.15, -0.1) is 0 Å². The van der Waals surface area contributed by atoms with Gasteiger partial charge in [0.1, 0.15) is 0 Å². The molecule has 0 aromatic rings. The molecule has 1 N–H and O–H groups in total. The minimum atomic E-state index is 0.615. The van der Waals surface area contributed by atoms with Gasteiger partial charge in [-0.25, -0.2) is 0 Å². The predicted octanol–water partition coefficient (Wildman–Crippen LogP) is 2.74. The summed E-state index contributed by atoms with van der Waals surface area (Å²) in [4.78, 5) is 4.70. The molecule has 2 nitrogen and oxygen atoms in total. The Balaban J connectivity index is 1.76. The molecule has 0 aromatic heterocycles. The van der Waals surface area contributed by atoms with Gasteiger partial charge in [0.2, 0.25) is 0 Å². The van der Waals surface area contributed by atoms with E-state index in [4.69, 9.17) is 4.99 Å². The van der Waals surface area contributed by atoms with E-state index in [1.54, 1.807) is 0 Å². The van der Waals surface area contributed by atoms with E-state index < -0.39 is 0 Å². The molecule has 2 aliphatic heterocycles. The molecule has 0 saturated carbocycles. The summed E-state index contributed by atoms with van der Waals surface area (Å²) >= 11 is 3.99. The van der Waals surface area contributed by atoms with Crippen molar-refractivity contribution in [1.82, 2.24) is 5.32 Å². The summed E-state index contributed by atoms with van der Waals surface area (Å²) in [6.07, 6.45) is 5.44. The SMILES string of the molecule is CC1CCSC(=NCC2CCCCS2)N1. The lowest BCUT2D eigenvalue weighted by Crippen LogP contribution is -2.36. The summed E-state index contributed by atoms with van der Waals surface area (Å²) in [5.41, 5.74) is 0. The van der Waals surface area contributed by atoms with Crippen LogP contribution in [0.25, 0.3) is 0 Å². The lowest BCUT2D eigenvalue weighted by molar-refractivity contribution is 0.636. The Hall–Kier alpha value is 0.170. The number of rotatable bonds is 2. The number of aliphatic imine (C=N–C) groups is 1. The molecule has 0 amide bonds. The van der Waals surface area contributed by atoms with Crippen molar-refractivity contribution in [3.8, 4) is 0 Å². The molecule has 0 spiro atoms. The van der Waals surface area contributed by atoms with Crippen molar-refractivity contribution >= 4 is 28.7 Å². The number of nitrogens with zero attached hydrogens (tertiary/aromatic N) is 1. The van der Waals surface area contributed by atoms with Gasteiger partial charge in [0, 0.05) is 17.0 Å². The maximum Gasteiger partial charge on any atom is 0.156 e. The average Bonchev–Trinajstić information content (AvgIpc) is 2.28. The summed E-state index contributed by atoms with van der Waals surface area (Å²) < 4.78 is 0. The van der Waals surface area contributed by atoms with Crippen LogP contribution in [-0.4, -0.2) is 34.5 Å². The molecule has 2 unspecified atom stereocenters. The van der Waals surface area contributed by atoms with Gasteiger partial charge in [0.05, 0.1) is 6.54 Å². The zero-order valence-corrected chi connectivity index (χ0v) is 11.0. The van der Waals surface area contributed by atoms with Gasteiger partial charge in [-0.05, 0) is 31.9 Å². The molecule has 2 saturated heterocycles. The van der Waals surface area contributed by atoms with Crippen LogP contribution in [0.3, 0.4) is 0 Å². The minimum absolute atomic E-state index is 0.615. The zero-order valence-electron chi connectivity index (χ0n) is 9.37. The van der Waals surface area contributed by atoms with E-state index in [1.165, 1.54) is 42.4 Å². The second-order valence-electron chi connectivity index (χ2n) is 4.32. The van der Waals surface area contributed by atoms with Crippen molar-refractivity contribution < 1.29 is 0 Å². The second kappa shape index (κ2) is 6.04. The van der Waals surface area contributed by atoms with Crippen LogP contribution in [0.2, 0.25) is 0 Å². The van der Waals surface area contributed by atoms with Gasteiger partial charge in [0.15, 0.2) is 5.17 Å². The monoisotopic (exact) mass is 244 g/mol. The summed E-state index contributed by atoms with van der Waals surface area (Å²) in [7, 11) is 0. The Labute approximate surface area is 101 Å². The molecular formula is C11H20N2S2. The fraction of sp³-hybridized carbons (Fsp3) is 0.909. The van der Waals surface area contributed by atoms with Gasteiger partial charge in [-0.3, -0.25) is 4.99 Å². The molecule has 2 heterocycles. The lowest BCUT2D eigenvalue weighted by Gasteiger charge is -2.23. The van der Waals surface area contributed by atoms with Crippen LogP contribution in [0.4, 0.5) is 0 Å². The molecule has 2 aliphatic rings. The topological polar surface area (TPSA) is 24.4 Å². The first-order chi connectivity index (χ1) is 7.34. The first kappa shape index (κ1) is 11.6. The zero-order chi connectivity index (χ0) is 10.5. The Morgan fingerprint density at radius 3 is 3.00 bits per heavy atom. The van der Waals surface area contributed by atoms with Crippen molar-refractivity contribution in [2.45, 2.75) is 43.9 Å². The molecule has 0 aromatic carbocycles. The number of nitrogens with one attached hydrogen (secondary N) is 1. The van der Waals surface area contributed by atoms with E-state index in [0.717, 1.165) is 11.8 Å². The maximum atomic E-state index is 4.70. The number of hydrogen-bond donors (Lipinski definition) is 1. The highest BCUT2D eigenvalue weighted by Crippen LogP contribution is 2.25. The molecule has 2 fully saturated rings. The molecule has 2 rings (SSSR count). The third-order valence-electron chi connectivity index (χ3n) is 2.87. The number of hydrogen-bond acceptors (Lipinski definition) is 3. The molecule has 0 radical (unpaired) electrons. The highest BCUT2D eigenvalue weighted by Gasteiger charge is 2.16. The fourth-order valence-corrected chi connectivity index (χ4v) is 4.22. The number of amidine groups is 1. The third kappa shape index (κ3) is 3.91.